The topological polar surface area (TPSA) is 70.5 Å². The molecule has 0 saturated carbocycles. The number of hydrogen-bond donors (Lipinski definition) is 1. The van der Waals surface area contributed by atoms with Gasteiger partial charge in [0.25, 0.3) is 5.91 Å². The third kappa shape index (κ3) is 2.16. The second kappa shape index (κ2) is 4.69. The van der Waals surface area contributed by atoms with Gasteiger partial charge in [-0.1, -0.05) is 6.92 Å². The number of amides is 1. The van der Waals surface area contributed by atoms with E-state index in [1.165, 1.54) is 0 Å². The highest BCUT2D eigenvalue weighted by Gasteiger charge is 2.20. The van der Waals surface area contributed by atoms with Crippen molar-refractivity contribution in [2.45, 2.75) is 13.3 Å². The van der Waals surface area contributed by atoms with Crippen LogP contribution in [0.5, 0.6) is 0 Å². The van der Waals surface area contributed by atoms with E-state index in [1.807, 2.05) is 6.92 Å². The lowest BCUT2D eigenvalue weighted by Crippen LogP contribution is -2.51. The van der Waals surface area contributed by atoms with Gasteiger partial charge in [0.15, 0.2) is 5.84 Å². The average Bonchev–Trinajstić information content (AvgIpc) is 2.33. The summed E-state index contributed by atoms with van der Waals surface area (Å²) in [7, 11) is 0. The maximum atomic E-state index is 11.5. The van der Waals surface area contributed by atoms with Gasteiger partial charge >= 0.3 is 0 Å². The molecule has 0 fully saturated rings. The van der Waals surface area contributed by atoms with Gasteiger partial charge in [-0.25, -0.2) is 4.98 Å². The lowest BCUT2D eigenvalue weighted by atomic mass is 10.3. The molecule has 6 heteroatoms. The number of hydrazine groups is 1. The normalized spacial score (nSPS) is 15.7. The fourth-order valence-corrected chi connectivity index (χ4v) is 1.42. The molecule has 84 valence electrons. The smallest absolute Gasteiger partial charge is 0.262 e. The Morgan fingerprint density at radius 3 is 3.06 bits per heavy atom. The molecule has 1 aromatic rings. The van der Waals surface area contributed by atoms with Gasteiger partial charge in [-0.05, 0) is 6.42 Å². The number of nitrogens with one attached hydrogen (secondary N) is 1. The first kappa shape index (κ1) is 10.5. The fraction of sp³-hybridized carbons (Fsp3) is 0.400. The third-order valence-corrected chi connectivity index (χ3v) is 2.17. The van der Waals surface area contributed by atoms with Crippen molar-refractivity contribution in [3.05, 3.63) is 24.3 Å². The number of carbonyl (C=O) groups is 1. The molecule has 1 aromatic heterocycles. The molecule has 0 aliphatic carbocycles. The number of carbonyl (C=O) groups excluding carboxylic acids is 1. The molecule has 1 aliphatic heterocycles. The van der Waals surface area contributed by atoms with E-state index >= 15 is 0 Å². The molecule has 2 heterocycles. The Hall–Kier alpha value is -1.98. The van der Waals surface area contributed by atoms with E-state index in [0.29, 0.717) is 18.1 Å². The Kier molecular flexibility index (Phi) is 3.09. The van der Waals surface area contributed by atoms with E-state index in [0.717, 1.165) is 6.42 Å². The summed E-state index contributed by atoms with van der Waals surface area (Å²) in [6.07, 6.45) is 5.71. The summed E-state index contributed by atoms with van der Waals surface area (Å²) >= 11 is 0. The lowest BCUT2D eigenvalue weighted by molar-refractivity contribution is -0.132. The van der Waals surface area contributed by atoms with Crippen molar-refractivity contribution < 1.29 is 4.79 Å². The Labute approximate surface area is 93.4 Å². The molecular weight excluding hydrogens is 206 g/mol. The van der Waals surface area contributed by atoms with Gasteiger partial charge in [0.1, 0.15) is 12.2 Å². The van der Waals surface area contributed by atoms with Gasteiger partial charge in [-0.3, -0.25) is 25.2 Å². The summed E-state index contributed by atoms with van der Waals surface area (Å²) in [4.78, 5) is 23.7. The van der Waals surface area contributed by atoms with Crippen molar-refractivity contribution in [1.82, 2.24) is 20.4 Å². The van der Waals surface area contributed by atoms with Crippen LogP contribution in [0.3, 0.4) is 0 Å². The van der Waals surface area contributed by atoms with Gasteiger partial charge in [-0.2, -0.15) is 0 Å². The third-order valence-electron chi connectivity index (χ3n) is 2.17. The molecule has 0 bridgehead atoms. The van der Waals surface area contributed by atoms with Crippen molar-refractivity contribution in [2.75, 3.05) is 13.1 Å². The molecule has 1 N–H and O–H groups in total. The first-order chi connectivity index (χ1) is 7.81. The molecule has 16 heavy (non-hydrogen) atoms. The van der Waals surface area contributed by atoms with E-state index in [1.54, 1.807) is 23.6 Å². The van der Waals surface area contributed by atoms with Crippen molar-refractivity contribution in [2.24, 2.45) is 4.99 Å². The number of rotatable bonds is 3. The Balaban J connectivity index is 2.16. The summed E-state index contributed by atoms with van der Waals surface area (Å²) < 4.78 is 0. The highest BCUT2D eigenvalue weighted by molar-refractivity contribution is 6.00. The molecule has 0 radical (unpaired) electrons. The zero-order valence-corrected chi connectivity index (χ0v) is 9.05. The van der Waals surface area contributed by atoms with Crippen LogP contribution in [-0.2, 0) is 4.79 Å². The summed E-state index contributed by atoms with van der Waals surface area (Å²) in [6.45, 7) is 2.85. The van der Waals surface area contributed by atoms with Gasteiger partial charge in [0.2, 0.25) is 0 Å². The second-order valence-corrected chi connectivity index (χ2v) is 3.41. The quantitative estimate of drug-likeness (QED) is 0.775. The standard InChI is InChI=1S/C10H13N5O/c1-2-5-15-9(16)7-13-10(14-15)8-6-11-3-4-12-8/h3-4,6H,2,5,7H2,1H3,(H,13,14). The molecule has 0 aromatic carbocycles. The SMILES string of the molecule is CCCN1NC(c2cnccn2)=NCC1=O. The number of aromatic nitrogens is 2. The van der Waals surface area contributed by atoms with Crippen LogP contribution >= 0.6 is 0 Å². The lowest BCUT2D eigenvalue weighted by Gasteiger charge is -2.27. The van der Waals surface area contributed by atoms with E-state index in [2.05, 4.69) is 20.4 Å². The molecule has 0 spiro atoms. The Morgan fingerprint density at radius 1 is 1.50 bits per heavy atom. The maximum absolute atomic E-state index is 11.5. The van der Waals surface area contributed by atoms with Crippen LogP contribution in [0.15, 0.2) is 23.6 Å². The minimum atomic E-state index is -0.0190. The van der Waals surface area contributed by atoms with Crippen molar-refractivity contribution in [3.8, 4) is 0 Å². The molecule has 1 aliphatic rings. The number of amidine groups is 1. The van der Waals surface area contributed by atoms with E-state index in [9.17, 15) is 4.79 Å². The van der Waals surface area contributed by atoms with Crippen molar-refractivity contribution in [1.29, 1.82) is 0 Å². The van der Waals surface area contributed by atoms with Crippen LogP contribution in [0, 0.1) is 0 Å². The summed E-state index contributed by atoms with van der Waals surface area (Å²) in [5.74, 6) is 0.579. The van der Waals surface area contributed by atoms with Crippen LogP contribution in [-0.4, -0.2) is 39.8 Å². The van der Waals surface area contributed by atoms with Crippen LogP contribution < -0.4 is 5.43 Å². The highest BCUT2D eigenvalue weighted by atomic mass is 16.2. The first-order valence-corrected chi connectivity index (χ1v) is 5.19. The van der Waals surface area contributed by atoms with E-state index in [4.69, 9.17) is 0 Å². The summed E-state index contributed by atoms with van der Waals surface area (Å²) in [5.41, 5.74) is 3.60. The zero-order valence-electron chi connectivity index (χ0n) is 9.05. The number of aliphatic imine (C=N–C) groups is 1. The predicted octanol–water partition coefficient (Wildman–Crippen LogP) is -0.0200. The second-order valence-electron chi connectivity index (χ2n) is 3.41. The zero-order chi connectivity index (χ0) is 11.4. The highest BCUT2D eigenvalue weighted by Crippen LogP contribution is 2.01. The van der Waals surface area contributed by atoms with Crippen LogP contribution in [0.4, 0.5) is 0 Å². The fourth-order valence-electron chi connectivity index (χ4n) is 1.42. The average molecular weight is 219 g/mol. The van der Waals surface area contributed by atoms with E-state index in [-0.39, 0.29) is 12.5 Å². The van der Waals surface area contributed by atoms with Crippen LogP contribution in [0.2, 0.25) is 0 Å². The molecule has 0 atom stereocenters. The summed E-state index contributed by atoms with van der Waals surface area (Å²) in [5, 5.41) is 1.57. The van der Waals surface area contributed by atoms with Crippen LogP contribution in [0.1, 0.15) is 19.0 Å². The van der Waals surface area contributed by atoms with Gasteiger partial charge < -0.3 is 0 Å². The van der Waals surface area contributed by atoms with Crippen LogP contribution in [0.25, 0.3) is 0 Å². The molecule has 0 saturated heterocycles. The Morgan fingerprint density at radius 2 is 2.38 bits per heavy atom. The van der Waals surface area contributed by atoms with Gasteiger partial charge in [-0.15, -0.1) is 0 Å². The predicted molar refractivity (Wildman–Crippen MR) is 58.6 cm³/mol. The first-order valence-electron chi connectivity index (χ1n) is 5.19. The molecular formula is C10H13N5O. The summed E-state index contributed by atoms with van der Waals surface area (Å²) in [6, 6.07) is 0. The van der Waals surface area contributed by atoms with Crippen molar-refractivity contribution >= 4 is 11.7 Å². The number of nitrogens with zero attached hydrogens (tertiary/aromatic N) is 4. The Bertz CT molecular complexity index is 403. The van der Waals surface area contributed by atoms with Gasteiger partial charge in [0, 0.05) is 18.9 Å². The van der Waals surface area contributed by atoms with Gasteiger partial charge in [0.05, 0.1) is 6.20 Å². The number of hydrogen-bond acceptors (Lipinski definition) is 5. The molecule has 2 rings (SSSR count). The molecule has 0 unspecified atom stereocenters. The van der Waals surface area contributed by atoms with E-state index < -0.39 is 0 Å². The van der Waals surface area contributed by atoms with Crippen molar-refractivity contribution in [3.63, 3.8) is 0 Å². The monoisotopic (exact) mass is 219 g/mol. The largest absolute Gasteiger partial charge is 0.278 e. The minimum Gasteiger partial charge on any atom is -0.278 e. The maximum Gasteiger partial charge on any atom is 0.262 e. The molecule has 6 nitrogen and oxygen atoms in total. The molecule has 1 amide bonds. The minimum absolute atomic E-state index is 0.0190.